The molecule has 29 heavy (non-hydrogen) atoms. The van der Waals surface area contributed by atoms with E-state index in [-0.39, 0.29) is 44.0 Å². The third-order valence-corrected chi connectivity index (χ3v) is 3.30. The zero-order chi connectivity index (χ0) is 23.0. The van der Waals surface area contributed by atoms with Gasteiger partial charge in [0.1, 0.15) is 16.8 Å². The van der Waals surface area contributed by atoms with Gasteiger partial charge in [0, 0.05) is 12.1 Å². The zero-order valence-electron chi connectivity index (χ0n) is 19.6. The van der Waals surface area contributed by atoms with Gasteiger partial charge in [0.25, 0.3) is 0 Å². The molecule has 7 nitrogen and oxygen atoms in total. The van der Waals surface area contributed by atoms with Crippen LogP contribution in [-0.4, -0.2) is 34.7 Å². The Morgan fingerprint density at radius 1 is 0.586 bits per heavy atom. The second-order valence-electron chi connectivity index (χ2n) is 10.1. The highest BCUT2D eigenvalue weighted by atomic mass is 16.6. The van der Waals surface area contributed by atoms with Crippen molar-refractivity contribution in [1.29, 1.82) is 0 Å². The molecule has 0 aliphatic heterocycles. The lowest BCUT2D eigenvalue weighted by molar-refractivity contribution is -0.156. The largest absolute Gasteiger partial charge is 0.460 e. The highest BCUT2D eigenvalue weighted by Crippen LogP contribution is 2.21. The predicted octanol–water partition coefficient (Wildman–Crippen LogP) is 4.17. The molecule has 0 atom stereocenters. The smallest absolute Gasteiger partial charge is 0.310 e. The van der Waals surface area contributed by atoms with Gasteiger partial charge < -0.3 is 19.9 Å². The summed E-state index contributed by atoms with van der Waals surface area (Å²) in [5.41, 5.74) is 5.35. The first kappa shape index (κ1) is 27.0. The van der Waals surface area contributed by atoms with E-state index >= 15 is 0 Å². The number of esters is 3. The van der Waals surface area contributed by atoms with Gasteiger partial charge in [-0.2, -0.15) is 0 Å². The molecule has 0 rings (SSSR count). The molecule has 0 radical (unpaired) electrons. The first-order valence-corrected chi connectivity index (χ1v) is 10.00. The summed E-state index contributed by atoms with van der Waals surface area (Å²) in [5.74, 6) is -1.18. The lowest BCUT2D eigenvalue weighted by atomic mass is 10.0. The first-order valence-electron chi connectivity index (χ1n) is 10.00. The summed E-state index contributed by atoms with van der Waals surface area (Å²) in [5, 5.41) is 0. The first-order chi connectivity index (χ1) is 12.9. The minimum Gasteiger partial charge on any atom is -0.460 e. The second-order valence-corrected chi connectivity index (χ2v) is 10.1. The third kappa shape index (κ3) is 15.5. The van der Waals surface area contributed by atoms with E-state index in [9.17, 15) is 14.4 Å². The van der Waals surface area contributed by atoms with Gasteiger partial charge in [-0.05, 0) is 80.7 Å². The molecule has 168 valence electrons. The van der Waals surface area contributed by atoms with Crippen molar-refractivity contribution in [2.45, 2.75) is 111 Å². The molecule has 0 amide bonds. The van der Waals surface area contributed by atoms with Gasteiger partial charge in [0.05, 0.1) is 12.8 Å². The normalized spacial score (nSPS) is 13.4. The van der Waals surface area contributed by atoms with Gasteiger partial charge in [0.15, 0.2) is 0 Å². The fraction of sp³-hybridized carbons (Fsp3) is 0.773. The summed E-state index contributed by atoms with van der Waals surface area (Å²) >= 11 is 0. The van der Waals surface area contributed by atoms with Crippen LogP contribution in [0.5, 0.6) is 0 Å². The van der Waals surface area contributed by atoms with Crippen molar-refractivity contribution in [2.24, 2.45) is 5.73 Å². The van der Waals surface area contributed by atoms with Gasteiger partial charge in [0.2, 0.25) is 0 Å². The van der Waals surface area contributed by atoms with E-state index in [2.05, 4.69) is 0 Å². The monoisotopic (exact) mass is 413 g/mol. The molecule has 0 spiro atoms. The van der Waals surface area contributed by atoms with E-state index in [1.165, 1.54) is 0 Å². The number of hydrogen-bond acceptors (Lipinski definition) is 7. The summed E-state index contributed by atoms with van der Waals surface area (Å²) in [6, 6.07) is 0. The lowest BCUT2D eigenvalue weighted by Gasteiger charge is -2.22. The number of allylic oxidation sites excluding steroid dienone is 1. The molecular weight excluding hydrogens is 374 g/mol. The van der Waals surface area contributed by atoms with Gasteiger partial charge in [-0.1, -0.05) is 0 Å². The van der Waals surface area contributed by atoms with Crippen molar-refractivity contribution in [3.8, 4) is 0 Å². The fourth-order valence-corrected chi connectivity index (χ4v) is 2.37. The molecule has 0 aromatic rings. The molecular formula is C22H39NO6. The highest BCUT2D eigenvalue weighted by molar-refractivity contribution is 5.74. The molecule has 2 N–H and O–H groups in total. The average molecular weight is 414 g/mol. The van der Waals surface area contributed by atoms with Crippen LogP contribution in [0.4, 0.5) is 0 Å². The van der Waals surface area contributed by atoms with Crippen LogP contribution in [-0.2, 0) is 28.6 Å². The van der Waals surface area contributed by atoms with Crippen molar-refractivity contribution in [2.75, 3.05) is 0 Å². The third-order valence-electron chi connectivity index (χ3n) is 3.30. The Bertz CT molecular complexity index is 615. The topological polar surface area (TPSA) is 105 Å². The Balaban J connectivity index is 5.17. The molecule has 0 unspecified atom stereocenters. The maximum atomic E-state index is 12.3. The Labute approximate surface area is 175 Å². The maximum absolute atomic E-state index is 12.3. The van der Waals surface area contributed by atoms with E-state index in [1.807, 2.05) is 0 Å². The van der Waals surface area contributed by atoms with Crippen molar-refractivity contribution < 1.29 is 28.6 Å². The SMILES string of the molecule is CC(C)(C)OC(=O)CC/C(N)=C(/CCC(=O)OC(C)(C)C)CC(=O)OC(C)(C)C. The van der Waals surface area contributed by atoms with Crippen molar-refractivity contribution in [3.63, 3.8) is 0 Å². The van der Waals surface area contributed by atoms with Crippen LogP contribution in [0.1, 0.15) is 94.4 Å². The molecule has 0 bridgehead atoms. The van der Waals surface area contributed by atoms with Crippen molar-refractivity contribution in [1.82, 2.24) is 0 Å². The van der Waals surface area contributed by atoms with Crippen LogP contribution in [0, 0.1) is 0 Å². The van der Waals surface area contributed by atoms with Crippen LogP contribution in [0.3, 0.4) is 0 Å². The van der Waals surface area contributed by atoms with Crippen LogP contribution in [0.25, 0.3) is 0 Å². The summed E-state index contributed by atoms with van der Waals surface area (Å²) in [6.45, 7) is 16.1. The number of hydrogen-bond donors (Lipinski definition) is 1. The minimum atomic E-state index is -0.626. The number of rotatable bonds is 8. The highest BCUT2D eigenvalue weighted by Gasteiger charge is 2.22. The average Bonchev–Trinajstić information content (AvgIpc) is 2.43. The maximum Gasteiger partial charge on any atom is 0.310 e. The zero-order valence-corrected chi connectivity index (χ0v) is 19.6. The van der Waals surface area contributed by atoms with Crippen molar-refractivity contribution >= 4 is 17.9 Å². The van der Waals surface area contributed by atoms with Crippen molar-refractivity contribution in [3.05, 3.63) is 11.3 Å². The molecule has 0 aliphatic rings. The Morgan fingerprint density at radius 2 is 0.931 bits per heavy atom. The van der Waals surface area contributed by atoms with E-state index in [1.54, 1.807) is 62.3 Å². The van der Waals surface area contributed by atoms with Gasteiger partial charge >= 0.3 is 17.9 Å². The van der Waals surface area contributed by atoms with Crippen LogP contribution in [0.2, 0.25) is 0 Å². The second kappa shape index (κ2) is 10.6. The Hall–Kier alpha value is -2.05. The minimum absolute atomic E-state index is 0.0414. The lowest BCUT2D eigenvalue weighted by Crippen LogP contribution is -2.26. The fourth-order valence-electron chi connectivity index (χ4n) is 2.37. The molecule has 0 fully saturated rings. The van der Waals surface area contributed by atoms with E-state index in [4.69, 9.17) is 19.9 Å². The molecule has 0 aromatic heterocycles. The summed E-state index contributed by atoms with van der Waals surface area (Å²) in [7, 11) is 0. The number of ether oxygens (including phenoxy) is 3. The van der Waals surface area contributed by atoms with Crippen LogP contribution in [0.15, 0.2) is 11.3 Å². The summed E-state index contributed by atoms with van der Waals surface area (Å²) in [6.07, 6.45) is 0.631. The predicted molar refractivity (Wildman–Crippen MR) is 112 cm³/mol. The van der Waals surface area contributed by atoms with Gasteiger partial charge in [-0.25, -0.2) is 0 Å². The molecule has 7 heteroatoms. The number of nitrogens with two attached hydrogens (primary N) is 1. The van der Waals surface area contributed by atoms with E-state index in [0.717, 1.165) is 0 Å². The summed E-state index contributed by atoms with van der Waals surface area (Å²) < 4.78 is 16.0. The Kier molecular flexibility index (Phi) is 9.90. The number of carbonyl (C=O) groups excluding carboxylic acids is 3. The molecule has 0 saturated carbocycles. The van der Waals surface area contributed by atoms with E-state index in [0.29, 0.717) is 11.3 Å². The van der Waals surface area contributed by atoms with E-state index < -0.39 is 22.8 Å². The van der Waals surface area contributed by atoms with Crippen LogP contribution < -0.4 is 5.73 Å². The quantitative estimate of drug-likeness (QED) is 0.470. The van der Waals surface area contributed by atoms with Gasteiger partial charge in [-0.15, -0.1) is 0 Å². The standard InChI is InChI=1S/C22H39NO6/c1-20(2,3)27-17(24)12-10-15(14-19(26)29-22(7,8)9)16(23)11-13-18(25)28-21(4,5)6/h10-14,23H2,1-9H3/b16-15+. The van der Waals surface area contributed by atoms with Gasteiger partial charge in [-0.3, -0.25) is 14.4 Å². The molecule has 0 aromatic carbocycles. The summed E-state index contributed by atoms with van der Waals surface area (Å²) in [4.78, 5) is 36.3. The molecule has 0 saturated heterocycles. The molecule has 0 heterocycles. The Morgan fingerprint density at radius 3 is 1.31 bits per heavy atom. The molecule has 0 aliphatic carbocycles. The van der Waals surface area contributed by atoms with Crippen LogP contribution >= 0.6 is 0 Å². The number of carbonyl (C=O) groups is 3.